The molecule has 0 spiro atoms. The molecule has 2 aromatic heterocycles. The van der Waals surface area contributed by atoms with Gasteiger partial charge in [-0.05, 0) is 52.0 Å². The molecule has 0 bridgehead atoms. The monoisotopic (exact) mass is 424 g/mol. The molecule has 1 aliphatic heterocycles. The van der Waals surface area contributed by atoms with E-state index in [0.717, 1.165) is 47.5 Å². The molecule has 1 amide bonds. The number of aromatic nitrogens is 4. The van der Waals surface area contributed by atoms with Gasteiger partial charge < -0.3 is 9.80 Å². The number of aryl methyl sites for hydroxylation is 3. The molecular formula is C22H25ClN6O. The van der Waals surface area contributed by atoms with Crippen molar-refractivity contribution in [2.24, 2.45) is 0 Å². The Balaban J connectivity index is 1.43. The summed E-state index contributed by atoms with van der Waals surface area (Å²) in [7, 11) is 0. The van der Waals surface area contributed by atoms with E-state index in [1.807, 2.05) is 62.9 Å². The lowest BCUT2D eigenvalue weighted by Gasteiger charge is -2.35. The van der Waals surface area contributed by atoms with E-state index in [4.69, 9.17) is 11.6 Å². The third kappa shape index (κ3) is 3.89. The van der Waals surface area contributed by atoms with Crippen molar-refractivity contribution in [1.82, 2.24) is 24.6 Å². The fourth-order valence-corrected chi connectivity index (χ4v) is 3.92. The van der Waals surface area contributed by atoms with Crippen LogP contribution in [0.3, 0.4) is 0 Å². The highest BCUT2D eigenvalue weighted by Crippen LogP contribution is 2.23. The number of benzene rings is 1. The minimum absolute atomic E-state index is 0.0441. The van der Waals surface area contributed by atoms with Gasteiger partial charge in [0.25, 0.3) is 5.91 Å². The molecule has 3 aromatic rings. The lowest BCUT2D eigenvalue weighted by atomic mass is 10.1. The minimum atomic E-state index is 0.0441. The van der Waals surface area contributed by atoms with Crippen LogP contribution in [0, 0.1) is 27.7 Å². The number of carbonyl (C=O) groups is 1. The summed E-state index contributed by atoms with van der Waals surface area (Å²) in [5.41, 5.74) is 4.20. The van der Waals surface area contributed by atoms with E-state index in [1.54, 1.807) is 4.68 Å². The van der Waals surface area contributed by atoms with Gasteiger partial charge in [0.05, 0.1) is 22.1 Å². The summed E-state index contributed by atoms with van der Waals surface area (Å²) in [6, 6.07) is 9.52. The maximum Gasteiger partial charge on any atom is 0.253 e. The topological polar surface area (TPSA) is 67.2 Å². The fraction of sp³-hybridized carbons (Fsp3) is 0.364. The zero-order valence-electron chi connectivity index (χ0n) is 17.7. The van der Waals surface area contributed by atoms with Gasteiger partial charge in [-0.2, -0.15) is 5.10 Å². The first kappa shape index (κ1) is 20.3. The largest absolute Gasteiger partial charge is 0.353 e. The third-order valence-corrected chi connectivity index (χ3v) is 5.95. The van der Waals surface area contributed by atoms with E-state index in [-0.39, 0.29) is 5.91 Å². The predicted molar refractivity (Wildman–Crippen MR) is 118 cm³/mol. The summed E-state index contributed by atoms with van der Waals surface area (Å²) in [4.78, 5) is 25.9. The van der Waals surface area contributed by atoms with Gasteiger partial charge in [-0.15, -0.1) is 0 Å². The minimum Gasteiger partial charge on any atom is -0.353 e. The maximum atomic E-state index is 13.0. The molecule has 8 heteroatoms. The van der Waals surface area contributed by atoms with Gasteiger partial charge in [0.1, 0.15) is 11.6 Å². The van der Waals surface area contributed by atoms with Crippen LogP contribution in [0.2, 0.25) is 5.02 Å². The Hall–Kier alpha value is -2.93. The van der Waals surface area contributed by atoms with E-state index in [1.165, 1.54) is 0 Å². The Morgan fingerprint density at radius 2 is 1.63 bits per heavy atom. The van der Waals surface area contributed by atoms with Crippen LogP contribution in [-0.4, -0.2) is 56.7 Å². The lowest BCUT2D eigenvalue weighted by molar-refractivity contribution is 0.0746. The van der Waals surface area contributed by atoms with Crippen molar-refractivity contribution in [3.8, 4) is 5.69 Å². The predicted octanol–water partition coefficient (Wildman–Crippen LogP) is 3.51. The Kier molecular flexibility index (Phi) is 5.47. The van der Waals surface area contributed by atoms with Crippen LogP contribution in [-0.2, 0) is 0 Å². The standard InChI is InChI=1S/C22H25ClN6O/c1-14-13-20(25-17(4)24-14)27-9-11-28(12-10-27)22(30)18-5-7-19(8-6-18)29-16(3)21(23)15(2)26-29/h5-8,13H,9-12H2,1-4H3. The molecule has 1 fully saturated rings. The van der Waals surface area contributed by atoms with E-state index in [9.17, 15) is 4.79 Å². The smallest absolute Gasteiger partial charge is 0.253 e. The number of hydrogen-bond donors (Lipinski definition) is 0. The van der Waals surface area contributed by atoms with Crippen molar-refractivity contribution >= 4 is 23.3 Å². The second kappa shape index (κ2) is 8.07. The highest BCUT2D eigenvalue weighted by molar-refractivity contribution is 6.31. The van der Waals surface area contributed by atoms with Crippen molar-refractivity contribution in [1.29, 1.82) is 0 Å². The van der Waals surface area contributed by atoms with E-state index in [0.29, 0.717) is 23.7 Å². The molecule has 0 unspecified atom stereocenters. The van der Waals surface area contributed by atoms with Crippen molar-refractivity contribution < 1.29 is 4.79 Å². The van der Waals surface area contributed by atoms with Crippen LogP contribution in [0.25, 0.3) is 5.69 Å². The molecule has 30 heavy (non-hydrogen) atoms. The molecular weight excluding hydrogens is 400 g/mol. The first-order chi connectivity index (χ1) is 14.3. The summed E-state index contributed by atoms with van der Waals surface area (Å²) in [5, 5.41) is 5.14. The molecule has 0 saturated carbocycles. The first-order valence-electron chi connectivity index (χ1n) is 10.0. The molecule has 0 aliphatic carbocycles. The molecule has 3 heterocycles. The van der Waals surface area contributed by atoms with Crippen LogP contribution < -0.4 is 4.90 Å². The Bertz CT molecular complexity index is 1060. The average Bonchev–Trinajstić information content (AvgIpc) is 3.00. The van der Waals surface area contributed by atoms with Gasteiger partial charge in [0.2, 0.25) is 0 Å². The molecule has 1 aliphatic rings. The van der Waals surface area contributed by atoms with Gasteiger partial charge in [-0.3, -0.25) is 4.79 Å². The van der Waals surface area contributed by atoms with E-state index in [2.05, 4.69) is 20.0 Å². The SMILES string of the molecule is Cc1cc(N2CCN(C(=O)c3ccc(-n4nc(C)c(Cl)c4C)cc3)CC2)nc(C)n1. The summed E-state index contributed by atoms with van der Waals surface area (Å²) in [6.45, 7) is 10.5. The van der Waals surface area contributed by atoms with Gasteiger partial charge in [-0.1, -0.05) is 11.6 Å². The van der Waals surface area contributed by atoms with Crippen LogP contribution in [0.5, 0.6) is 0 Å². The highest BCUT2D eigenvalue weighted by Gasteiger charge is 2.23. The van der Waals surface area contributed by atoms with Crippen molar-refractivity contribution in [3.63, 3.8) is 0 Å². The molecule has 4 rings (SSSR count). The van der Waals surface area contributed by atoms with Crippen LogP contribution in [0.4, 0.5) is 5.82 Å². The molecule has 0 N–H and O–H groups in total. The zero-order valence-corrected chi connectivity index (χ0v) is 18.4. The normalized spacial score (nSPS) is 14.3. The van der Waals surface area contributed by atoms with Crippen molar-refractivity contribution in [2.75, 3.05) is 31.1 Å². The number of rotatable bonds is 3. The average molecular weight is 425 g/mol. The molecule has 156 valence electrons. The summed E-state index contributed by atoms with van der Waals surface area (Å²) in [5.74, 6) is 1.75. The van der Waals surface area contributed by atoms with Gasteiger partial charge in [-0.25, -0.2) is 14.6 Å². The summed E-state index contributed by atoms with van der Waals surface area (Å²) < 4.78 is 1.80. The van der Waals surface area contributed by atoms with Gasteiger partial charge >= 0.3 is 0 Å². The number of piperazine rings is 1. The lowest BCUT2D eigenvalue weighted by Crippen LogP contribution is -2.49. The molecule has 0 atom stereocenters. The fourth-order valence-electron chi connectivity index (χ4n) is 3.80. The number of amides is 1. The van der Waals surface area contributed by atoms with E-state index >= 15 is 0 Å². The first-order valence-corrected chi connectivity index (χ1v) is 10.4. The molecule has 0 radical (unpaired) electrons. The Labute approximate surface area is 181 Å². The number of nitrogens with zero attached hydrogens (tertiary/aromatic N) is 6. The maximum absolute atomic E-state index is 13.0. The Morgan fingerprint density at radius 1 is 0.967 bits per heavy atom. The second-order valence-electron chi connectivity index (χ2n) is 7.64. The molecule has 1 aromatic carbocycles. The van der Waals surface area contributed by atoms with Gasteiger partial charge in [0.15, 0.2) is 0 Å². The second-order valence-corrected chi connectivity index (χ2v) is 8.02. The van der Waals surface area contributed by atoms with Crippen LogP contribution in [0.15, 0.2) is 30.3 Å². The molecule has 7 nitrogen and oxygen atoms in total. The third-order valence-electron chi connectivity index (χ3n) is 5.41. The molecule has 1 saturated heterocycles. The number of halogens is 1. The van der Waals surface area contributed by atoms with Gasteiger partial charge in [0, 0.05) is 43.5 Å². The van der Waals surface area contributed by atoms with Crippen molar-refractivity contribution in [2.45, 2.75) is 27.7 Å². The number of anilines is 1. The quantitative estimate of drug-likeness (QED) is 0.643. The summed E-state index contributed by atoms with van der Waals surface area (Å²) >= 11 is 6.25. The Morgan fingerprint density at radius 3 is 2.20 bits per heavy atom. The number of carbonyl (C=O) groups excluding carboxylic acids is 1. The van der Waals surface area contributed by atoms with E-state index < -0.39 is 0 Å². The van der Waals surface area contributed by atoms with Crippen LogP contribution in [0.1, 0.15) is 33.3 Å². The zero-order chi connectivity index (χ0) is 21.4. The number of hydrogen-bond acceptors (Lipinski definition) is 5. The van der Waals surface area contributed by atoms with Crippen LogP contribution >= 0.6 is 11.6 Å². The summed E-state index contributed by atoms with van der Waals surface area (Å²) in [6.07, 6.45) is 0. The highest BCUT2D eigenvalue weighted by atomic mass is 35.5. The van der Waals surface area contributed by atoms with Crippen molar-refractivity contribution in [3.05, 3.63) is 63.8 Å².